The topological polar surface area (TPSA) is 42.0 Å². The van der Waals surface area contributed by atoms with Crippen LogP contribution in [-0.4, -0.2) is 10.9 Å². The largest absolute Gasteiger partial charge is 0.310 e. The van der Waals surface area contributed by atoms with E-state index < -0.39 is 0 Å². The molecule has 1 amide bonds. The maximum Gasteiger partial charge on any atom is 0.228 e. The van der Waals surface area contributed by atoms with Crippen molar-refractivity contribution < 1.29 is 4.79 Å². The summed E-state index contributed by atoms with van der Waals surface area (Å²) in [6, 6.07) is 3.61. The molecule has 0 aromatic carbocycles. The van der Waals surface area contributed by atoms with Crippen molar-refractivity contribution in [1.29, 1.82) is 0 Å². The molecule has 1 unspecified atom stereocenters. The number of aromatic nitrogens is 1. The average molecular weight is 271 g/mol. The molecule has 0 bridgehead atoms. The van der Waals surface area contributed by atoms with E-state index in [1.165, 1.54) is 0 Å². The fourth-order valence-electron chi connectivity index (χ4n) is 1.29. The molecule has 0 aliphatic rings. The fraction of sp³-hybridized carbons (Fsp3) is 0.455. The van der Waals surface area contributed by atoms with E-state index in [0.29, 0.717) is 5.82 Å². The fourth-order valence-corrected chi connectivity index (χ4v) is 1.62. The quantitative estimate of drug-likeness (QED) is 0.913. The average Bonchev–Trinajstić information content (AvgIpc) is 2.18. The monoisotopic (exact) mass is 270 g/mol. The van der Waals surface area contributed by atoms with Crippen molar-refractivity contribution in [1.82, 2.24) is 4.98 Å². The first-order chi connectivity index (χ1) is 7.13. The van der Waals surface area contributed by atoms with Crippen LogP contribution in [0, 0.1) is 5.92 Å². The standard InChI is InChI=1S/C11H15BrN2O/c1-3-4-8(2)11(15)14-10-7-9(12)5-6-13-10/h5-8H,3-4H2,1-2H3,(H,13,14,15). The molecule has 3 nitrogen and oxygen atoms in total. The minimum atomic E-state index is 0.0300. The van der Waals surface area contributed by atoms with Gasteiger partial charge in [0.15, 0.2) is 0 Å². The first-order valence-electron chi connectivity index (χ1n) is 5.06. The van der Waals surface area contributed by atoms with Crippen molar-refractivity contribution in [3.8, 4) is 0 Å². The first-order valence-corrected chi connectivity index (χ1v) is 5.85. The van der Waals surface area contributed by atoms with Gasteiger partial charge in [-0.25, -0.2) is 4.98 Å². The Hall–Kier alpha value is -0.900. The highest BCUT2D eigenvalue weighted by molar-refractivity contribution is 9.10. The Morgan fingerprint density at radius 3 is 3.00 bits per heavy atom. The summed E-state index contributed by atoms with van der Waals surface area (Å²) in [5, 5.41) is 2.79. The van der Waals surface area contributed by atoms with Gasteiger partial charge in [-0.05, 0) is 18.6 Å². The van der Waals surface area contributed by atoms with Crippen LogP contribution < -0.4 is 5.32 Å². The van der Waals surface area contributed by atoms with Crippen molar-refractivity contribution in [3.05, 3.63) is 22.8 Å². The molecule has 1 N–H and O–H groups in total. The Labute approximate surface area is 98.4 Å². The van der Waals surface area contributed by atoms with E-state index in [-0.39, 0.29) is 11.8 Å². The smallest absolute Gasteiger partial charge is 0.228 e. The Kier molecular flexibility index (Phi) is 4.75. The minimum Gasteiger partial charge on any atom is -0.310 e. The predicted octanol–water partition coefficient (Wildman–Crippen LogP) is 3.22. The molecule has 0 aliphatic carbocycles. The van der Waals surface area contributed by atoms with Crippen LogP contribution >= 0.6 is 15.9 Å². The number of nitrogens with zero attached hydrogens (tertiary/aromatic N) is 1. The molecule has 15 heavy (non-hydrogen) atoms. The number of hydrogen-bond donors (Lipinski definition) is 1. The molecule has 0 saturated carbocycles. The van der Waals surface area contributed by atoms with Gasteiger partial charge in [-0.15, -0.1) is 0 Å². The number of nitrogens with one attached hydrogen (secondary N) is 1. The number of anilines is 1. The normalized spacial score (nSPS) is 12.2. The number of pyridine rings is 1. The SMILES string of the molecule is CCCC(C)C(=O)Nc1cc(Br)ccn1. The summed E-state index contributed by atoms with van der Waals surface area (Å²) in [6.45, 7) is 4.00. The van der Waals surface area contributed by atoms with Crippen molar-refractivity contribution in [2.24, 2.45) is 5.92 Å². The summed E-state index contributed by atoms with van der Waals surface area (Å²) in [5.74, 6) is 0.663. The zero-order valence-electron chi connectivity index (χ0n) is 8.96. The molecule has 1 aromatic rings. The van der Waals surface area contributed by atoms with Crippen LogP contribution in [0.4, 0.5) is 5.82 Å². The number of rotatable bonds is 4. The Morgan fingerprint density at radius 2 is 2.40 bits per heavy atom. The molecule has 1 heterocycles. The van der Waals surface area contributed by atoms with Gasteiger partial charge in [0.1, 0.15) is 5.82 Å². The van der Waals surface area contributed by atoms with Crippen LogP contribution in [0.2, 0.25) is 0 Å². The minimum absolute atomic E-state index is 0.0300. The Balaban J connectivity index is 2.58. The third-order valence-corrected chi connectivity index (χ3v) is 2.64. The van der Waals surface area contributed by atoms with Crippen LogP contribution in [0.3, 0.4) is 0 Å². The van der Waals surface area contributed by atoms with Crippen molar-refractivity contribution in [2.75, 3.05) is 5.32 Å². The molecule has 82 valence electrons. The van der Waals surface area contributed by atoms with E-state index in [4.69, 9.17) is 0 Å². The van der Waals surface area contributed by atoms with E-state index >= 15 is 0 Å². The zero-order chi connectivity index (χ0) is 11.3. The summed E-state index contributed by atoms with van der Waals surface area (Å²) in [7, 11) is 0. The Morgan fingerprint density at radius 1 is 1.67 bits per heavy atom. The van der Waals surface area contributed by atoms with E-state index in [1.807, 2.05) is 13.0 Å². The molecule has 0 fully saturated rings. The van der Waals surface area contributed by atoms with Crippen LogP contribution in [-0.2, 0) is 4.79 Å². The highest BCUT2D eigenvalue weighted by Crippen LogP contribution is 2.14. The molecular formula is C11H15BrN2O. The summed E-state index contributed by atoms with van der Waals surface area (Å²) in [4.78, 5) is 15.7. The summed E-state index contributed by atoms with van der Waals surface area (Å²) in [5.41, 5.74) is 0. The van der Waals surface area contributed by atoms with Gasteiger partial charge in [-0.2, -0.15) is 0 Å². The number of amides is 1. The lowest BCUT2D eigenvalue weighted by molar-refractivity contribution is -0.119. The second-order valence-electron chi connectivity index (χ2n) is 3.54. The zero-order valence-corrected chi connectivity index (χ0v) is 10.5. The van der Waals surface area contributed by atoms with E-state index in [9.17, 15) is 4.79 Å². The number of carbonyl (C=O) groups is 1. The number of carbonyl (C=O) groups excluding carboxylic acids is 1. The third kappa shape index (κ3) is 4.00. The van der Waals surface area contributed by atoms with Crippen molar-refractivity contribution in [2.45, 2.75) is 26.7 Å². The molecule has 1 rings (SSSR count). The predicted molar refractivity (Wildman–Crippen MR) is 64.6 cm³/mol. The van der Waals surface area contributed by atoms with Crippen LogP contribution in [0.1, 0.15) is 26.7 Å². The molecule has 0 saturated heterocycles. The lowest BCUT2D eigenvalue weighted by Crippen LogP contribution is -2.20. The van der Waals surface area contributed by atoms with Gasteiger partial charge in [0.05, 0.1) is 0 Å². The first kappa shape index (κ1) is 12.2. The summed E-state index contributed by atoms with van der Waals surface area (Å²) < 4.78 is 0.913. The maximum absolute atomic E-state index is 11.6. The van der Waals surface area contributed by atoms with E-state index in [1.54, 1.807) is 12.3 Å². The highest BCUT2D eigenvalue weighted by atomic mass is 79.9. The molecular weight excluding hydrogens is 256 g/mol. The second-order valence-corrected chi connectivity index (χ2v) is 4.45. The lowest BCUT2D eigenvalue weighted by atomic mass is 10.1. The number of hydrogen-bond acceptors (Lipinski definition) is 2. The second kappa shape index (κ2) is 5.85. The molecule has 0 spiro atoms. The van der Waals surface area contributed by atoms with Crippen LogP contribution in [0.25, 0.3) is 0 Å². The van der Waals surface area contributed by atoms with Gasteiger partial charge in [0, 0.05) is 16.6 Å². The summed E-state index contributed by atoms with van der Waals surface area (Å²) >= 11 is 3.33. The van der Waals surface area contributed by atoms with E-state index in [0.717, 1.165) is 17.3 Å². The van der Waals surface area contributed by atoms with Crippen molar-refractivity contribution in [3.63, 3.8) is 0 Å². The Bertz CT molecular complexity index is 341. The maximum atomic E-state index is 11.6. The van der Waals surface area contributed by atoms with Gasteiger partial charge in [0.2, 0.25) is 5.91 Å². The molecule has 1 aromatic heterocycles. The van der Waals surface area contributed by atoms with Gasteiger partial charge in [0.25, 0.3) is 0 Å². The lowest BCUT2D eigenvalue weighted by Gasteiger charge is -2.10. The van der Waals surface area contributed by atoms with E-state index in [2.05, 4.69) is 33.2 Å². The van der Waals surface area contributed by atoms with Crippen molar-refractivity contribution >= 4 is 27.7 Å². The van der Waals surface area contributed by atoms with Crippen LogP contribution in [0.5, 0.6) is 0 Å². The van der Waals surface area contributed by atoms with Gasteiger partial charge in [-0.3, -0.25) is 4.79 Å². The molecule has 1 atom stereocenters. The third-order valence-electron chi connectivity index (χ3n) is 2.14. The molecule has 4 heteroatoms. The molecule has 0 radical (unpaired) electrons. The highest BCUT2D eigenvalue weighted by Gasteiger charge is 2.12. The van der Waals surface area contributed by atoms with Crippen LogP contribution in [0.15, 0.2) is 22.8 Å². The summed E-state index contributed by atoms with van der Waals surface area (Å²) in [6.07, 6.45) is 3.57. The van der Waals surface area contributed by atoms with Gasteiger partial charge in [-0.1, -0.05) is 36.2 Å². The molecule has 0 aliphatic heterocycles. The number of halogens is 1. The van der Waals surface area contributed by atoms with Gasteiger partial charge < -0.3 is 5.32 Å². The van der Waals surface area contributed by atoms with Gasteiger partial charge >= 0.3 is 0 Å².